The summed E-state index contributed by atoms with van der Waals surface area (Å²) in [4.78, 5) is 1.78. The van der Waals surface area contributed by atoms with Gasteiger partial charge in [-0.3, -0.25) is 0 Å². The van der Waals surface area contributed by atoms with E-state index in [0.29, 0.717) is 0 Å². The number of benzene rings is 1. The van der Waals surface area contributed by atoms with Crippen LogP contribution in [0, 0.1) is 0 Å². The van der Waals surface area contributed by atoms with Gasteiger partial charge in [-0.2, -0.15) is 13.2 Å². The van der Waals surface area contributed by atoms with Crippen LogP contribution >= 0.6 is 0 Å². The monoisotopic (exact) mass is 258 g/mol. The lowest BCUT2D eigenvalue weighted by atomic mass is 9.92. The van der Waals surface area contributed by atoms with Crippen molar-refractivity contribution in [3.63, 3.8) is 0 Å². The van der Waals surface area contributed by atoms with E-state index < -0.39 is 23.3 Å². The number of halogens is 3. The first-order valence-corrected chi connectivity index (χ1v) is 5.87. The summed E-state index contributed by atoms with van der Waals surface area (Å²) in [6.07, 6.45) is -2.81. The maximum Gasteiger partial charge on any atom is 0.416 e. The Morgan fingerprint density at radius 3 is 2.22 bits per heavy atom. The maximum atomic E-state index is 13.0. The molecule has 0 saturated heterocycles. The summed E-state index contributed by atoms with van der Waals surface area (Å²) >= 11 is 0. The van der Waals surface area contributed by atoms with Gasteiger partial charge in [0.15, 0.2) is 0 Å². The highest BCUT2D eigenvalue weighted by Gasteiger charge is 2.49. The number of likely N-dealkylation sites (N-methyl/N-ethyl adjacent to an activating group) is 1. The van der Waals surface area contributed by atoms with E-state index >= 15 is 0 Å². The van der Waals surface area contributed by atoms with E-state index in [-0.39, 0.29) is 5.56 Å². The smallest absolute Gasteiger partial charge is 0.323 e. The molecule has 1 unspecified atom stereocenters. The van der Waals surface area contributed by atoms with Crippen LogP contribution < -0.4 is 5.73 Å². The van der Waals surface area contributed by atoms with E-state index in [1.807, 2.05) is 0 Å². The van der Waals surface area contributed by atoms with Crippen LogP contribution in [0.15, 0.2) is 24.3 Å². The number of nitrogens with two attached hydrogens (primary N) is 1. The summed E-state index contributed by atoms with van der Waals surface area (Å²) in [5.41, 5.74) is 5.29. The summed E-state index contributed by atoms with van der Waals surface area (Å²) in [5.74, 6) is 0. The minimum Gasteiger partial charge on any atom is -0.323 e. The van der Waals surface area contributed by atoms with Crippen LogP contribution in [-0.2, 0) is 6.18 Å². The van der Waals surface area contributed by atoms with Crippen molar-refractivity contribution in [1.82, 2.24) is 4.90 Å². The summed E-state index contributed by atoms with van der Waals surface area (Å²) in [7, 11) is 3.54. The molecule has 0 aliphatic heterocycles. The summed E-state index contributed by atoms with van der Waals surface area (Å²) < 4.78 is 39.1. The molecule has 100 valence electrons. The van der Waals surface area contributed by atoms with Gasteiger partial charge in [0, 0.05) is 5.54 Å². The Morgan fingerprint density at radius 1 is 1.22 bits per heavy atom. The van der Waals surface area contributed by atoms with Gasteiger partial charge in [0.05, 0.1) is 11.6 Å². The molecule has 0 radical (unpaired) electrons. The molecule has 1 atom stereocenters. The van der Waals surface area contributed by atoms with Gasteiger partial charge in [0.25, 0.3) is 0 Å². The first-order valence-electron chi connectivity index (χ1n) is 5.87. The fourth-order valence-corrected chi connectivity index (χ4v) is 2.51. The average Bonchev–Trinajstić information content (AvgIpc) is 2.95. The van der Waals surface area contributed by atoms with Crippen LogP contribution in [0.5, 0.6) is 0 Å². The van der Waals surface area contributed by atoms with Crippen LogP contribution in [0.25, 0.3) is 0 Å². The van der Waals surface area contributed by atoms with Crippen LogP contribution in [0.4, 0.5) is 13.2 Å². The van der Waals surface area contributed by atoms with E-state index in [4.69, 9.17) is 5.73 Å². The number of hydrogen-bond donors (Lipinski definition) is 1. The van der Waals surface area contributed by atoms with Gasteiger partial charge >= 0.3 is 6.18 Å². The second-order valence-electron chi connectivity index (χ2n) is 5.18. The molecule has 0 heterocycles. The molecule has 1 aromatic rings. The van der Waals surface area contributed by atoms with E-state index in [2.05, 4.69) is 0 Å². The molecule has 1 aliphatic rings. The Hall–Kier alpha value is -1.07. The number of nitrogens with zero attached hydrogens (tertiary/aromatic N) is 1. The molecule has 0 amide bonds. The van der Waals surface area contributed by atoms with Gasteiger partial charge in [-0.15, -0.1) is 0 Å². The van der Waals surface area contributed by atoms with Crippen molar-refractivity contribution >= 4 is 0 Å². The minimum absolute atomic E-state index is 0.273. The molecule has 0 bridgehead atoms. The Balaban J connectivity index is 2.49. The van der Waals surface area contributed by atoms with Crippen molar-refractivity contribution < 1.29 is 13.2 Å². The second-order valence-corrected chi connectivity index (χ2v) is 5.18. The molecular weight excluding hydrogens is 241 g/mol. The number of alkyl halides is 3. The minimum atomic E-state index is -4.34. The largest absolute Gasteiger partial charge is 0.416 e. The van der Waals surface area contributed by atoms with Crippen LogP contribution in [-0.4, -0.2) is 24.5 Å². The van der Waals surface area contributed by atoms with Gasteiger partial charge < -0.3 is 10.6 Å². The molecule has 2 N–H and O–H groups in total. The molecule has 1 aliphatic carbocycles. The Morgan fingerprint density at radius 2 is 1.78 bits per heavy atom. The number of rotatable bonds is 3. The predicted octanol–water partition coefficient (Wildman–Crippen LogP) is 2.80. The quantitative estimate of drug-likeness (QED) is 0.903. The van der Waals surface area contributed by atoms with Gasteiger partial charge in [0.2, 0.25) is 0 Å². The van der Waals surface area contributed by atoms with Crippen LogP contribution in [0.1, 0.15) is 30.0 Å². The van der Waals surface area contributed by atoms with Crippen LogP contribution in [0.3, 0.4) is 0 Å². The van der Waals surface area contributed by atoms with Gasteiger partial charge in [0.1, 0.15) is 0 Å². The van der Waals surface area contributed by atoms with Crippen molar-refractivity contribution in [2.45, 2.75) is 30.6 Å². The first-order chi connectivity index (χ1) is 8.26. The molecule has 1 aromatic carbocycles. The first kappa shape index (κ1) is 13.4. The SMILES string of the molecule is CN(C)C(c1ccccc1C(F)(F)F)C1(N)CC1. The van der Waals surface area contributed by atoms with Gasteiger partial charge in [-0.1, -0.05) is 18.2 Å². The Labute approximate surface area is 105 Å². The van der Waals surface area contributed by atoms with Crippen molar-refractivity contribution in [3.05, 3.63) is 35.4 Å². The molecule has 2 nitrogen and oxygen atoms in total. The topological polar surface area (TPSA) is 29.3 Å². The predicted molar refractivity (Wildman–Crippen MR) is 64.0 cm³/mol. The van der Waals surface area contributed by atoms with Gasteiger partial charge in [-0.05, 0) is 38.6 Å². The lowest BCUT2D eigenvalue weighted by Gasteiger charge is -2.32. The summed E-state index contributed by atoms with van der Waals surface area (Å²) in [6.45, 7) is 0. The van der Waals surface area contributed by atoms with E-state index in [1.54, 1.807) is 25.1 Å². The molecule has 18 heavy (non-hydrogen) atoms. The van der Waals surface area contributed by atoms with Crippen molar-refractivity contribution in [3.8, 4) is 0 Å². The second kappa shape index (κ2) is 4.24. The Kier molecular flexibility index (Phi) is 3.15. The third kappa shape index (κ3) is 2.37. The zero-order valence-electron chi connectivity index (χ0n) is 10.5. The highest BCUT2D eigenvalue weighted by Crippen LogP contribution is 2.48. The average molecular weight is 258 g/mol. The molecular formula is C13H17F3N2. The standard InChI is InChI=1S/C13H17F3N2/c1-18(2)11(12(17)7-8-12)9-5-3-4-6-10(9)13(14,15)16/h3-6,11H,7-8,17H2,1-2H3. The lowest BCUT2D eigenvalue weighted by molar-refractivity contribution is -0.138. The van der Waals surface area contributed by atoms with E-state index in [9.17, 15) is 13.2 Å². The van der Waals surface area contributed by atoms with Gasteiger partial charge in [-0.25, -0.2) is 0 Å². The van der Waals surface area contributed by atoms with Crippen molar-refractivity contribution in [2.75, 3.05) is 14.1 Å². The highest BCUT2D eigenvalue weighted by molar-refractivity contribution is 5.36. The Bertz CT molecular complexity index is 436. The summed E-state index contributed by atoms with van der Waals surface area (Å²) in [5, 5.41) is 0. The fraction of sp³-hybridized carbons (Fsp3) is 0.538. The molecule has 0 aromatic heterocycles. The third-order valence-corrected chi connectivity index (χ3v) is 3.45. The highest BCUT2D eigenvalue weighted by atomic mass is 19.4. The van der Waals surface area contributed by atoms with Crippen molar-refractivity contribution in [1.29, 1.82) is 0 Å². The third-order valence-electron chi connectivity index (χ3n) is 3.45. The zero-order valence-corrected chi connectivity index (χ0v) is 10.5. The van der Waals surface area contributed by atoms with E-state index in [0.717, 1.165) is 18.9 Å². The van der Waals surface area contributed by atoms with E-state index in [1.165, 1.54) is 12.1 Å². The normalized spacial score (nSPS) is 19.9. The summed E-state index contributed by atoms with van der Waals surface area (Å²) in [6, 6.07) is 5.30. The fourth-order valence-electron chi connectivity index (χ4n) is 2.51. The molecule has 1 saturated carbocycles. The lowest BCUT2D eigenvalue weighted by Crippen LogP contribution is -2.40. The molecule has 5 heteroatoms. The zero-order chi connectivity index (χ0) is 13.6. The number of hydrogen-bond acceptors (Lipinski definition) is 2. The van der Waals surface area contributed by atoms with Crippen molar-refractivity contribution in [2.24, 2.45) is 5.73 Å². The maximum absolute atomic E-state index is 13.0. The molecule has 0 spiro atoms. The molecule has 1 fully saturated rings. The molecule has 2 rings (SSSR count). The van der Waals surface area contributed by atoms with Crippen LogP contribution in [0.2, 0.25) is 0 Å².